The highest BCUT2D eigenvalue weighted by Crippen LogP contribution is 2.59. The number of methoxy groups -OCH3 is 2. The van der Waals surface area contributed by atoms with Gasteiger partial charge in [0.1, 0.15) is 17.2 Å². The lowest BCUT2D eigenvalue weighted by molar-refractivity contribution is 0.0640. The minimum absolute atomic E-state index is 0.270. The van der Waals surface area contributed by atoms with Gasteiger partial charge in [0, 0.05) is 40.7 Å². The summed E-state index contributed by atoms with van der Waals surface area (Å²) in [5.74, 6) is 3.24. The Morgan fingerprint density at radius 3 is 2.11 bits per heavy atom. The molecule has 3 aliphatic rings. The van der Waals surface area contributed by atoms with Crippen molar-refractivity contribution in [2.24, 2.45) is 5.92 Å². The van der Waals surface area contributed by atoms with Crippen molar-refractivity contribution in [1.29, 1.82) is 0 Å². The van der Waals surface area contributed by atoms with Crippen LogP contribution in [0.5, 0.6) is 17.2 Å². The molecule has 1 aliphatic carbocycles. The van der Waals surface area contributed by atoms with E-state index in [-0.39, 0.29) is 5.41 Å². The molecule has 0 spiro atoms. The van der Waals surface area contributed by atoms with Gasteiger partial charge in [0.25, 0.3) is 0 Å². The molecule has 1 unspecified atom stereocenters. The largest absolute Gasteiger partial charge is 0.497 e. The summed E-state index contributed by atoms with van der Waals surface area (Å²) in [5.41, 5.74) is 11.1. The van der Waals surface area contributed by atoms with E-state index in [1.54, 1.807) is 14.2 Å². The minimum Gasteiger partial charge on any atom is -0.497 e. The van der Waals surface area contributed by atoms with Gasteiger partial charge < -0.3 is 18.9 Å². The van der Waals surface area contributed by atoms with Crippen LogP contribution < -0.4 is 14.2 Å². The summed E-state index contributed by atoms with van der Waals surface area (Å²) < 4.78 is 24.6. The van der Waals surface area contributed by atoms with Gasteiger partial charge in [-0.05, 0) is 118 Å². The zero-order valence-electron chi connectivity index (χ0n) is 31.1. The molecule has 2 heterocycles. The molecule has 0 saturated carbocycles. The van der Waals surface area contributed by atoms with Crippen LogP contribution in [0.3, 0.4) is 0 Å². The first kappa shape index (κ1) is 33.5. The van der Waals surface area contributed by atoms with E-state index in [9.17, 15) is 0 Å². The Balaban J connectivity index is 1.20. The van der Waals surface area contributed by atoms with Crippen molar-refractivity contribution in [2.45, 2.75) is 50.5 Å². The number of hydrogen-bond donors (Lipinski definition) is 0. The van der Waals surface area contributed by atoms with Crippen LogP contribution in [0.1, 0.15) is 66.5 Å². The molecule has 1 atom stereocenters. The molecule has 53 heavy (non-hydrogen) atoms. The smallest absolute Gasteiger partial charge is 0.178 e. The number of benzene rings is 6. The third-order valence-electron chi connectivity index (χ3n) is 12.0. The molecule has 6 aromatic rings. The minimum atomic E-state index is -0.862. The van der Waals surface area contributed by atoms with Crippen molar-refractivity contribution in [3.8, 4) is 39.5 Å². The first-order valence-electron chi connectivity index (χ1n) is 19.0. The highest BCUT2D eigenvalue weighted by Gasteiger charge is 2.44. The van der Waals surface area contributed by atoms with Gasteiger partial charge in [0.15, 0.2) is 5.60 Å². The summed E-state index contributed by atoms with van der Waals surface area (Å²) in [7, 11) is 3.44. The average Bonchev–Trinajstić information content (AvgIpc) is 3.46. The van der Waals surface area contributed by atoms with E-state index in [0.717, 1.165) is 77.7 Å². The third kappa shape index (κ3) is 5.63. The zero-order chi connectivity index (χ0) is 36.2. The van der Waals surface area contributed by atoms with Crippen molar-refractivity contribution in [1.82, 2.24) is 0 Å². The van der Waals surface area contributed by atoms with Crippen LogP contribution in [0.2, 0.25) is 0 Å². The van der Waals surface area contributed by atoms with Crippen molar-refractivity contribution >= 4 is 16.8 Å². The molecule has 4 nitrogen and oxygen atoms in total. The Bertz CT molecular complexity index is 2330. The fraction of sp³-hybridized carbons (Fsp3) is 0.265. The Kier molecular flexibility index (Phi) is 8.39. The lowest BCUT2D eigenvalue weighted by Gasteiger charge is -2.38. The highest BCUT2D eigenvalue weighted by atomic mass is 16.5. The number of fused-ring (bicyclic) bond motifs is 8. The van der Waals surface area contributed by atoms with Gasteiger partial charge in [0.05, 0.1) is 14.2 Å². The second kappa shape index (κ2) is 13.3. The van der Waals surface area contributed by atoms with Crippen LogP contribution in [-0.4, -0.2) is 27.4 Å². The standard InChI is InChI=1S/C49H46O4/c1-48(2)44-30-35(34-8-6-5-7-9-34)14-22-41(44)45-40-23-21-39(51-4)31-43(40)47-42(46(45)48)24-27-49(53-47,37-17-19-38(50-3)20-18-37)36-15-12-32(13-16-36)10-11-33-25-28-52-29-26-33/h5-9,12-24,27,30-31,33H,10-11,25-26,28-29H2,1-4H3. The van der Waals surface area contributed by atoms with Crippen LogP contribution in [0.4, 0.5) is 0 Å². The van der Waals surface area contributed by atoms with Gasteiger partial charge in [0.2, 0.25) is 0 Å². The maximum Gasteiger partial charge on any atom is 0.178 e. The molecular weight excluding hydrogens is 653 g/mol. The fourth-order valence-corrected chi connectivity index (χ4v) is 9.04. The van der Waals surface area contributed by atoms with Crippen LogP contribution in [0.25, 0.3) is 39.1 Å². The molecular formula is C49H46O4. The molecule has 6 aromatic carbocycles. The molecule has 0 aromatic heterocycles. The van der Waals surface area contributed by atoms with E-state index < -0.39 is 5.60 Å². The van der Waals surface area contributed by atoms with E-state index >= 15 is 0 Å². The van der Waals surface area contributed by atoms with Gasteiger partial charge in [-0.3, -0.25) is 0 Å². The maximum atomic E-state index is 7.59. The molecule has 0 radical (unpaired) electrons. The Morgan fingerprint density at radius 1 is 0.698 bits per heavy atom. The molecule has 0 bridgehead atoms. The molecule has 1 saturated heterocycles. The fourth-order valence-electron chi connectivity index (χ4n) is 9.04. The van der Waals surface area contributed by atoms with Crippen molar-refractivity contribution in [3.63, 3.8) is 0 Å². The lowest BCUT2D eigenvalue weighted by Crippen LogP contribution is -2.35. The summed E-state index contributed by atoms with van der Waals surface area (Å²) in [6.45, 7) is 6.50. The summed E-state index contributed by atoms with van der Waals surface area (Å²) in [6, 6.07) is 41.5. The number of hydrogen-bond acceptors (Lipinski definition) is 4. The second-order valence-corrected chi connectivity index (χ2v) is 15.3. The average molecular weight is 699 g/mol. The summed E-state index contributed by atoms with van der Waals surface area (Å²) >= 11 is 0. The Labute approximate surface area is 313 Å². The van der Waals surface area contributed by atoms with Gasteiger partial charge >= 0.3 is 0 Å². The van der Waals surface area contributed by atoms with Crippen molar-refractivity contribution < 1.29 is 18.9 Å². The first-order chi connectivity index (χ1) is 25.9. The number of ether oxygens (including phenoxy) is 4. The topological polar surface area (TPSA) is 36.9 Å². The molecule has 9 rings (SSSR count). The zero-order valence-corrected chi connectivity index (χ0v) is 31.1. The second-order valence-electron chi connectivity index (χ2n) is 15.3. The normalized spacial score (nSPS) is 18.6. The van der Waals surface area contributed by atoms with Gasteiger partial charge in [-0.2, -0.15) is 0 Å². The summed E-state index contributed by atoms with van der Waals surface area (Å²) in [4.78, 5) is 0. The van der Waals surface area contributed by atoms with Crippen LogP contribution in [-0.2, 0) is 22.2 Å². The molecule has 266 valence electrons. The van der Waals surface area contributed by atoms with Gasteiger partial charge in [-0.25, -0.2) is 0 Å². The number of rotatable bonds is 8. The number of aryl methyl sites for hydroxylation is 1. The Morgan fingerprint density at radius 2 is 1.40 bits per heavy atom. The third-order valence-corrected chi connectivity index (χ3v) is 12.0. The van der Waals surface area contributed by atoms with Gasteiger partial charge in [-0.1, -0.05) is 98.8 Å². The summed E-state index contributed by atoms with van der Waals surface area (Å²) in [6.07, 6.45) is 9.18. The monoisotopic (exact) mass is 698 g/mol. The van der Waals surface area contributed by atoms with Gasteiger partial charge in [-0.15, -0.1) is 0 Å². The maximum absolute atomic E-state index is 7.59. The molecule has 4 heteroatoms. The first-order valence-corrected chi connectivity index (χ1v) is 19.0. The quantitative estimate of drug-likeness (QED) is 0.159. The Hall–Kier alpha value is -5.32. The molecule has 0 N–H and O–H groups in total. The van der Waals surface area contributed by atoms with E-state index in [1.165, 1.54) is 50.8 Å². The predicted molar refractivity (Wildman–Crippen MR) is 215 cm³/mol. The van der Waals surface area contributed by atoms with Crippen LogP contribution >= 0.6 is 0 Å². The molecule has 1 fully saturated rings. The summed E-state index contributed by atoms with van der Waals surface area (Å²) in [5, 5.41) is 2.21. The van der Waals surface area contributed by atoms with E-state index in [0.29, 0.717) is 0 Å². The van der Waals surface area contributed by atoms with Crippen LogP contribution in [0.15, 0.2) is 121 Å². The van der Waals surface area contributed by atoms with Crippen molar-refractivity contribution in [3.05, 3.63) is 155 Å². The molecule has 0 amide bonds. The van der Waals surface area contributed by atoms with Crippen molar-refractivity contribution in [2.75, 3.05) is 27.4 Å². The lowest BCUT2D eigenvalue weighted by atomic mass is 9.76. The van der Waals surface area contributed by atoms with E-state index in [2.05, 4.69) is 129 Å². The van der Waals surface area contributed by atoms with E-state index in [4.69, 9.17) is 18.9 Å². The van der Waals surface area contributed by atoms with Crippen LogP contribution in [0, 0.1) is 5.92 Å². The predicted octanol–water partition coefficient (Wildman–Crippen LogP) is 11.5. The molecule has 2 aliphatic heterocycles. The SMILES string of the molecule is COc1ccc(C2(c3ccc(CCC4CCOCC4)cc3)C=Cc3c4c(c5ccc(OC)cc5c3O2)-c2ccc(-c3ccccc3)cc2C4(C)C)cc1. The van der Waals surface area contributed by atoms with E-state index in [1.807, 2.05) is 12.1 Å². The highest BCUT2D eigenvalue weighted by molar-refractivity contribution is 6.09.